The molecule has 2 aromatic carbocycles. The smallest absolute Gasteiger partial charge is 0.317 e. The Morgan fingerprint density at radius 1 is 1.09 bits per heavy atom. The van der Waals surface area contributed by atoms with E-state index in [4.69, 9.17) is 10.5 Å². The highest BCUT2D eigenvalue weighted by Crippen LogP contribution is 2.44. The lowest BCUT2D eigenvalue weighted by atomic mass is 9.98. The van der Waals surface area contributed by atoms with Crippen LogP contribution in [0.15, 0.2) is 48.5 Å². The SMILES string of the molecule is NCC(C=O)C(=O)OCC1c2ccccc2-c2ccccc21. The summed E-state index contributed by atoms with van der Waals surface area (Å²) in [5, 5.41) is 0. The molecular weight excluding hydrogens is 278 g/mol. The largest absolute Gasteiger partial charge is 0.464 e. The van der Waals surface area contributed by atoms with E-state index in [1.165, 1.54) is 11.1 Å². The first-order valence-corrected chi connectivity index (χ1v) is 7.26. The van der Waals surface area contributed by atoms with Gasteiger partial charge >= 0.3 is 5.97 Å². The predicted molar refractivity (Wildman–Crippen MR) is 83.3 cm³/mol. The van der Waals surface area contributed by atoms with Crippen molar-refractivity contribution in [3.05, 3.63) is 59.7 Å². The summed E-state index contributed by atoms with van der Waals surface area (Å²) < 4.78 is 5.33. The van der Waals surface area contributed by atoms with Crippen LogP contribution in [0.3, 0.4) is 0 Å². The van der Waals surface area contributed by atoms with Crippen LogP contribution in [-0.4, -0.2) is 25.4 Å². The molecule has 0 fully saturated rings. The first-order chi connectivity index (χ1) is 10.8. The molecule has 0 bridgehead atoms. The van der Waals surface area contributed by atoms with Gasteiger partial charge in [-0.15, -0.1) is 0 Å². The zero-order valence-electron chi connectivity index (χ0n) is 12.1. The fourth-order valence-corrected chi connectivity index (χ4v) is 2.92. The van der Waals surface area contributed by atoms with Gasteiger partial charge in [0.05, 0.1) is 0 Å². The molecule has 0 aliphatic heterocycles. The molecule has 0 amide bonds. The van der Waals surface area contributed by atoms with Crippen molar-refractivity contribution in [2.75, 3.05) is 13.2 Å². The first kappa shape index (κ1) is 14.5. The summed E-state index contributed by atoms with van der Waals surface area (Å²) in [7, 11) is 0. The highest BCUT2D eigenvalue weighted by atomic mass is 16.5. The van der Waals surface area contributed by atoms with E-state index in [1.54, 1.807) is 0 Å². The molecule has 1 aliphatic rings. The molecule has 2 N–H and O–H groups in total. The Morgan fingerprint density at radius 2 is 1.64 bits per heavy atom. The second-order valence-corrected chi connectivity index (χ2v) is 5.34. The molecule has 0 saturated carbocycles. The molecule has 0 spiro atoms. The van der Waals surface area contributed by atoms with Gasteiger partial charge in [-0.25, -0.2) is 0 Å². The predicted octanol–water partition coefficient (Wildman–Crippen LogP) is 2.12. The van der Waals surface area contributed by atoms with Gasteiger partial charge in [-0.3, -0.25) is 4.79 Å². The number of nitrogens with two attached hydrogens (primary N) is 1. The molecule has 4 heteroatoms. The minimum absolute atomic E-state index is 0.00132. The number of fused-ring (bicyclic) bond motifs is 3. The highest BCUT2D eigenvalue weighted by Gasteiger charge is 2.29. The maximum atomic E-state index is 11.9. The molecule has 0 heterocycles. The minimum atomic E-state index is -0.883. The minimum Gasteiger partial charge on any atom is -0.464 e. The summed E-state index contributed by atoms with van der Waals surface area (Å²) in [6.45, 7) is 0.192. The second-order valence-electron chi connectivity index (χ2n) is 5.34. The van der Waals surface area contributed by atoms with Gasteiger partial charge in [-0.2, -0.15) is 0 Å². The number of carbonyl (C=O) groups excluding carboxylic acids is 2. The van der Waals surface area contributed by atoms with E-state index >= 15 is 0 Å². The van der Waals surface area contributed by atoms with Crippen LogP contribution >= 0.6 is 0 Å². The van der Waals surface area contributed by atoms with E-state index in [-0.39, 0.29) is 19.1 Å². The Hall–Kier alpha value is -2.46. The van der Waals surface area contributed by atoms with Gasteiger partial charge in [-0.1, -0.05) is 48.5 Å². The quantitative estimate of drug-likeness (QED) is 0.521. The van der Waals surface area contributed by atoms with Crippen molar-refractivity contribution < 1.29 is 14.3 Å². The molecule has 0 aromatic heterocycles. The lowest BCUT2D eigenvalue weighted by Gasteiger charge is -2.15. The number of ether oxygens (including phenoxy) is 1. The van der Waals surface area contributed by atoms with Crippen LogP contribution in [0.1, 0.15) is 17.0 Å². The van der Waals surface area contributed by atoms with Crippen molar-refractivity contribution in [2.24, 2.45) is 11.7 Å². The number of rotatable bonds is 5. The summed E-state index contributed by atoms with van der Waals surface area (Å²) in [6.07, 6.45) is 0.541. The lowest BCUT2D eigenvalue weighted by Crippen LogP contribution is -2.28. The highest BCUT2D eigenvalue weighted by molar-refractivity contribution is 5.88. The Bertz CT molecular complexity index is 665. The van der Waals surface area contributed by atoms with Crippen LogP contribution in [0.2, 0.25) is 0 Å². The average molecular weight is 295 g/mol. The van der Waals surface area contributed by atoms with Crippen molar-refractivity contribution in [3.8, 4) is 11.1 Å². The van der Waals surface area contributed by atoms with Crippen LogP contribution in [0.5, 0.6) is 0 Å². The van der Waals surface area contributed by atoms with E-state index in [1.807, 2.05) is 36.4 Å². The third-order valence-corrected chi connectivity index (χ3v) is 4.08. The van der Waals surface area contributed by atoms with Crippen LogP contribution in [-0.2, 0) is 14.3 Å². The molecule has 0 saturated heterocycles. The molecule has 2 aromatic rings. The summed E-state index contributed by atoms with van der Waals surface area (Å²) in [5.74, 6) is -1.44. The van der Waals surface area contributed by atoms with Crippen molar-refractivity contribution in [1.82, 2.24) is 0 Å². The normalized spacial score (nSPS) is 14.0. The Labute approximate surface area is 128 Å². The van der Waals surface area contributed by atoms with Gasteiger partial charge < -0.3 is 15.3 Å². The zero-order chi connectivity index (χ0) is 15.5. The van der Waals surface area contributed by atoms with Gasteiger partial charge in [0.1, 0.15) is 18.8 Å². The molecule has 1 unspecified atom stereocenters. The van der Waals surface area contributed by atoms with E-state index in [0.717, 1.165) is 11.1 Å². The van der Waals surface area contributed by atoms with Crippen molar-refractivity contribution in [1.29, 1.82) is 0 Å². The van der Waals surface area contributed by atoms with E-state index in [0.29, 0.717) is 6.29 Å². The van der Waals surface area contributed by atoms with Crippen molar-refractivity contribution in [3.63, 3.8) is 0 Å². The van der Waals surface area contributed by atoms with Crippen molar-refractivity contribution in [2.45, 2.75) is 5.92 Å². The molecule has 1 aliphatic carbocycles. The van der Waals surface area contributed by atoms with E-state index in [9.17, 15) is 9.59 Å². The number of benzene rings is 2. The number of carbonyl (C=O) groups is 2. The van der Waals surface area contributed by atoms with Gasteiger partial charge in [0.2, 0.25) is 0 Å². The summed E-state index contributed by atoms with van der Waals surface area (Å²) in [5.41, 5.74) is 10.0. The van der Waals surface area contributed by atoms with Crippen molar-refractivity contribution >= 4 is 12.3 Å². The van der Waals surface area contributed by atoms with Crippen LogP contribution in [0.25, 0.3) is 11.1 Å². The van der Waals surface area contributed by atoms with Gasteiger partial charge in [0.25, 0.3) is 0 Å². The average Bonchev–Trinajstić information content (AvgIpc) is 2.88. The Balaban J connectivity index is 1.85. The number of hydrogen-bond acceptors (Lipinski definition) is 4. The molecule has 0 radical (unpaired) electrons. The number of hydrogen-bond donors (Lipinski definition) is 1. The van der Waals surface area contributed by atoms with Crippen LogP contribution in [0, 0.1) is 5.92 Å². The molecule has 22 heavy (non-hydrogen) atoms. The Morgan fingerprint density at radius 3 is 2.14 bits per heavy atom. The van der Waals surface area contributed by atoms with E-state index < -0.39 is 11.9 Å². The van der Waals surface area contributed by atoms with Gasteiger partial charge in [-0.05, 0) is 22.3 Å². The summed E-state index contributed by atoms with van der Waals surface area (Å²) >= 11 is 0. The summed E-state index contributed by atoms with van der Waals surface area (Å²) in [4.78, 5) is 22.6. The summed E-state index contributed by atoms with van der Waals surface area (Å²) in [6, 6.07) is 16.2. The van der Waals surface area contributed by atoms with Crippen LogP contribution in [0.4, 0.5) is 0 Å². The zero-order valence-corrected chi connectivity index (χ0v) is 12.1. The third kappa shape index (κ3) is 2.42. The second kappa shape index (κ2) is 6.12. The third-order valence-electron chi connectivity index (χ3n) is 4.08. The first-order valence-electron chi connectivity index (χ1n) is 7.26. The van der Waals surface area contributed by atoms with Crippen LogP contribution < -0.4 is 5.73 Å². The fraction of sp³-hybridized carbons (Fsp3) is 0.222. The standard InChI is InChI=1S/C18H17NO3/c19-9-12(10-20)18(21)22-11-17-15-7-3-1-5-13(15)14-6-2-4-8-16(14)17/h1-8,10,12,17H,9,11,19H2. The molecule has 1 atom stereocenters. The Kier molecular flexibility index (Phi) is 4.02. The molecular formula is C18H17NO3. The van der Waals surface area contributed by atoms with E-state index in [2.05, 4.69) is 12.1 Å². The molecule has 3 rings (SSSR count). The monoisotopic (exact) mass is 295 g/mol. The van der Waals surface area contributed by atoms with Gasteiger partial charge in [0, 0.05) is 12.5 Å². The van der Waals surface area contributed by atoms with Gasteiger partial charge in [0.15, 0.2) is 0 Å². The maximum absolute atomic E-state index is 11.9. The maximum Gasteiger partial charge on any atom is 0.317 e. The molecule has 112 valence electrons. The fourth-order valence-electron chi connectivity index (χ4n) is 2.92. The lowest BCUT2D eigenvalue weighted by molar-refractivity contribution is -0.149. The topological polar surface area (TPSA) is 69.4 Å². The number of esters is 1. The number of aldehydes is 1. The molecule has 4 nitrogen and oxygen atoms in total.